The highest BCUT2D eigenvalue weighted by Crippen LogP contribution is 2.14. The van der Waals surface area contributed by atoms with E-state index in [9.17, 15) is 9.18 Å². The van der Waals surface area contributed by atoms with E-state index >= 15 is 0 Å². The van der Waals surface area contributed by atoms with Gasteiger partial charge in [-0.3, -0.25) is 10.1 Å². The fraction of sp³-hybridized carbons (Fsp3) is 0.385. The number of benzene rings is 1. The van der Waals surface area contributed by atoms with Crippen LogP contribution in [0.4, 0.5) is 4.39 Å². The average molecular weight is 250 g/mol. The van der Waals surface area contributed by atoms with E-state index in [-0.39, 0.29) is 6.54 Å². The van der Waals surface area contributed by atoms with Crippen LogP contribution in [0.1, 0.15) is 31.4 Å². The summed E-state index contributed by atoms with van der Waals surface area (Å²) < 4.78 is 13.1. The van der Waals surface area contributed by atoms with Crippen LogP contribution in [-0.4, -0.2) is 16.6 Å². The predicted molar refractivity (Wildman–Crippen MR) is 64.3 cm³/mol. The number of carboxylic acids is 1. The number of carboxylic acid groups (broad SMARTS) is 1. The number of nitrogens with zero attached hydrogens (tertiary/aromatic N) is 1. The van der Waals surface area contributed by atoms with Crippen molar-refractivity contribution in [2.24, 2.45) is 0 Å². The first-order valence-electron chi connectivity index (χ1n) is 5.60. The molecule has 0 aliphatic rings. The smallest absolute Gasteiger partial charge is 0.323 e. The van der Waals surface area contributed by atoms with Crippen molar-refractivity contribution in [2.75, 3.05) is 0 Å². The molecule has 1 unspecified atom stereocenters. The lowest BCUT2D eigenvalue weighted by molar-refractivity contribution is -0.144. The summed E-state index contributed by atoms with van der Waals surface area (Å²) >= 11 is 0. The van der Waals surface area contributed by atoms with Crippen molar-refractivity contribution >= 4 is 5.97 Å². The molecule has 0 radical (unpaired) electrons. The van der Waals surface area contributed by atoms with Gasteiger partial charge in [0.25, 0.3) is 0 Å². The van der Waals surface area contributed by atoms with E-state index in [4.69, 9.17) is 10.4 Å². The van der Waals surface area contributed by atoms with Gasteiger partial charge in [-0.2, -0.15) is 5.26 Å². The van der Waals surface area contributed by atoms with Crippen LogP contribution in [0.5, 0.6) is 0 Å². The normalized spacial score (nSPS) is 13.7. The van der Waals surface area contributed by atoms with Gasteiger partial charge in [-0.1, -0.05) is 6.92 Å². The first-order chi connectivity index (χ1) is 8.42. The minimum Gasteiger partial charge on any atom is -0.480 e. The third-order valence-electron chi connectivity index (χ3n) is 3.04. The number of nitriles is 1. The zero-order valence-electron chi connectivity index (χ0n) is 10.3. The molecule has 96 valence electrons. The third-order valence-corrected chi connectivity index (χ3v) is 3.04. The van der Waals surface area contributed by atoms with Crippen molar-refractivity contribution in [3.05, 3.63) is 35.1 Å². The van der Waals surface area contributed by atoms with Gasteiger partial charge >= 0.3 is 5.97 Å². The second kappa shape index (κ2) is 5.61. The summed E-state index contributed by atoms with van der Waals surface area (Å²) in [6.45, 7) is 3.44. The minimum absolute atomic E-state index is 0.136. The molecule has 1 aromatic carbocycles. The topological polar surface area (TPSA) is 73.1 Å². The molecule has 0 heterocycles. The van der Waals surface area contributed by atoms with Gasteiger partial charge in [0, 0.05) is 6.54 Å². The Bertz CT molecular complexity index is 496. The molecule has 0 fully saturated rings. The molecule has 5 heteroatoms. The van der Waals surface area contributed by atoms with Gasteiger partial charge < -0.3 is 5.11 Å². The highest BCUT2D eigenvalue weighted by molar-refractivity contribution is 5.78. The first kappa shape index (κ1) is 14.1. The maximum Gasteiger partial charge on any atom is 0.323 e. The highest BCUT2D eigenvalue weighted by atomic mass is 19.1. The van der Waals surface area contributed by atoms with Crippen molar-refractivity contribution in [3.63, 3.8) is 0 Å². The average Bonchev–Trinajstić information content (AvgIpc) is 2.35. The summed E-state index contributed by atoms with van der Waals surface area (Å²) in [5.41, 5.74) is -0.287. The summed E-state index contributed by atoms with van der Waals surface area (Å²) in [4.78, 5) is 11.1. The van der Waals surface area contributed by atoms with E-state index in [0.717, 1.165) is 0 Å². The molecule has 0 amide bonds. The van der Waals surface area contributed by atoms with Crippen molar-refractivity contribution in [1.82, 2.24) is 5.32 Å². The molecule has 1 atom stereocenters. The second-order valence-corrected chi connectivity index (χ2v) is 4.26. The van der Waals surface area contributed by atoms with Gasteiger partial charge in [0.15, 0.2) is 0 Å². The molecule has 2 N–H and O–H groups in total. The molecular weight excluding hydrogens is 235 g/mol. The lowest BCUT2D eigenvalue weighted by Crippen LogP contribution is -2.48. The van der Waals surface area contributed by atoms with Gasteiger partial charge in [-0.05, 0) is 37.1 Å². The zero-order valence-corrected chi connectivity index (χ0v) is 10.3. The zero-order chi connectivity index (χ0) is 13.8. The third kappa shape index (κ3) is 3.05. The fourth-order valence-electron chi connectivity index (χ4n) is 1.46. The molecule has 0 aliphatic heterocycles. The van der Waals surface area contributed by atoms with Crippen LogP contribution in [-0.2, 0) is 11.3 Å². The number of nitrogens with one attached hydrogen (secondary N) is 1. The van der Waals surface area contributed by atoms with Crippen LogP contribution in [0, 0.1) is 17.1 Å². The SMILES string of the molecule is CCC(C)(NCc1cc(F)ccc1C#N)C(=O)O. The van der Waals surface area contributed by atoms with E-state index in [1.807, 2.05) is 6.07 Å². The Kier molecular flexibility index (Phi) is 4.40. The van der Waals surface area contributed by atoms with Crippen LogP contribution >= 0.6 is 0 Å². The Morgan fingerprint density at radius 1 is 1.61 bits per heavy atom. The Labute approximate surface area is 105 Å². The van der Waals surface area contributed by atoms with E-state index < -0.39 is 17.3 Å². The summed E-state index contributed by atoms with van der Waals surface area (Å²) in [5.74, 6) is -1.42. The fourth-order valence-corrected chi connectivity index (χ4v) is 1.46. The van der Waals surface area contributed by atoms with Crippen LogP contribution < -0.4 is 5.32 Å². The Morgan fingerprint density at radius 2 is 2.28 bits per heavy atom. The van der Waals surface area contributed by atoms with Gasteiger partial charge in [-0.25, -0.2) is 4.39 Å². The van der Waals surface area contributed by atoms with Crippen LogP contribution in [0.15, 0.2) is 18.2 Å². The molecule has 1 rings (SSSR count). The lowest BCUT2D eigenvalue weighted by atomic mass is 9.98. The quantitative estimate of drug-likeness (QED) is 0.838. The Morgan fingerprint density at radius 3 is 2.78 bits per heavy atom. The number of hydrogen-bond acceptors (Lipinski definition) is 3. The van der Waals surface area contributed by atoms with Gasteiger partial charge in [0.05, 0.1) is 11.6 Å². The van der Waals surface area contributed by atoms with Crippen LogP contribution in [0.3, 0.4) is 0 Å². The van der Waals surface area contributed by atoms with Crippen molar-refractivity contribution in [3.8, 4) is 6.07 Å². The highest BCUT2D eigenvalue weighted by Gasteiger charge is 2.30. The van der Waals surface area contributed by atoms with E-state index in [1.165, 1.54) is 18.2 Å². The molecule has 0 spiro atoms. The molecule has 1 aromatic rings. The number of hydrogen-bond donors (Lipinski definition) is 2. The lowest BCUT2D eigenvalue weighted by Gasteiger charge is -2.24. The molecule has 0 aliphatic carbocycles. The molecule has 0 bridgehead atoms. The van der Waals surface area contributed by atoms with E-state index in [2.05, 4.69) is 5.32 Å². The van der Waals surface area contributed by atoms with Crippen LogP contribution in [0.2, 0.25) is 0 Å². The molecule has 18 heavy (non-hydrogen) atoms. The number of carbonyl (C=O) groups is 1. The standard InChI is InChI=1S/C13H15FN2O2/c1-3-13(2,12(17)18)16-8-10-6-11(14)5-4-9(10)7-15/h4-6,16H,3,8H2,1-2H3,(H,17,18). The monoisotopic (exact) mass is 250 g/mol. The number of aliphatic carboxylic acids is 1. The second-order valence-electron chi connectivity index (χ2n) is 4.26. The molecule has 0 aromatic heterocycles. The van der Waals surface area contributed by atoms with Gasteiger partial charge in [0.2, 0.25) is 0 Å². The molecule has 0 saturated heterocycles. The predicted octanol–water partition coefficient (Wildman–Crippen LogP) is 2.04. The Balaban J connectivity index is 2.90. The van der Waals surface area contributed by atoms with E-state index in [1.54, 1.807) is 13.8 Å². The van der Waals surface area contributed by atoms with Crippen molar-refractivity contribution in [1.29, 1.82) is 5.26 Å². The molecule has 0 saturated carbocycles. The maximum absolute atomic E-state index is 13.1. The summed E-state index contributed by atoms with van der Waals surface area (Å²) in [5, 5.41) is 20.8. The van der Waals surface area contributed by atoms with Crippen molar-refractivity contribution in [2.45, 2.75) is 32.4 Å². The molecule has 4 nitrogen and oxygen atoms in total. The summed E-state index contributed by atoms with van der Waals surface area (Å²) in [6.07, 6.45) is 0.388. The Hall–Kier alpha value is -1.93. The van der Waals surface area contributed by atoms with Gasteiger partial charge in [-0.15, -0.1) is 0 Å². The van der Waals surface area contributed by atoms with Gasteiger partial charge in [0.1, 0.15) is 11.4 Å². The summed E-state index contributed by atoms with van der Waals surface area (Å²) in [6, 6.07) is 5.78. The first-order valence-corrected chi connectivity index (χ1v) is 5.60. The number of halogens is 1. The molecular formula is C13H15FN2O2. The number of rotatable bonds is 5. The van der Waals surface area contributed by atoms with Crippen LogP contribution in [0.25, 0.3) is 0 Å². The maximum atomic E-state index is 13.1. The van der Waals surface area contributed by atoms with E-state index in [0.29, 0.717) is 17.5 Å². The largest absolute Gasteiger partial charge is 0.480 e. The van der Waals surface area contributed by atoms with Crippen molar-refractivity contribution < 1.29 is 14.3 Å². The minimum atomic E-state index is -1.08. The summed E-state index contributed by atoms with van der Waals surface area (Å²) in [7, 11) is 0.